The van der Waals surface area contributed by atoms with E-state index in [-0.39, 0.29) is 12.2 Å². The summed E-state index contributed by atoms with van der Waals surface area (Å²) in [5.74, 6) is -1.60. The summed E-state index contributed by atoms with van der Waals surface area (Å²) in [4.78, 5) is 37.2. The van der Waals surface area contributed by atoms with E-state index in [1.807, 2.05) is 67.9 Å². The van der Waals surface area contributed by atoms with Gasteiger partial charge in [-0.15, -0.1) is 0 Å². The van der Waals surface area contributed by atoms with Crippen molar-refractivity contribution in [1.29, 1.82) is 0 Å². The normalized spacial score (nSPS) is 12.4. The molecule has 0 aliphatic rings. The molecule has 8 heteroatoms. The third-order valence-corrected chi connectivity index (χ3v) is 5.91. The number of nitrogens with zero attached hydrogens (tertiary/aromatic N) is 2. The molecule has 1 atom stereocenters. The predicted molar refractivity (Wildman–Crippen MR) is 136 cm³/mol. The van der Waals surface area contributed by atoms with E-state index < -0.39 is 29.2 Å². The zero-order valence-electron chi connectivity index (χ0n) is 20.0. The lowest BCUT2D eigenvalue weighted by Crippen LogP contribution is -2.54. The number of carbonyl (C=O) groups excluding carboxylic acids is 3. The van der Waals surface area contributed by atoms with Gasteiger partial charge in [0.25, 0.3) is 5.91 Å². The number of carbonyl (C=O) groups is 3. The van der Waals surface area contributed by atoms with Crippen LogP contribution >= 0.6 is 0 Å². The fourth-order valence-electron chi connectivity index (χ4n) is 4.16. The van der Waals surface area contributed by atoms with E-state index >= 15 is 0 Å². The minimum Gasteiger partial charge on any atom is -0.368 e. The van der Waals surface area contributed by atoms with Crippen molar-refractivity contribution >= 4 is 39.4 Å². The molecule has 4 rings (SSSR count). The number of hydrogen-bond acceptors (Lipinski definition) is 4. The molecule has 0 bridgehead atoms. The molecule has 180 valence electrons. The monoisotopic (exact) mass is 471 g/mol. The Labute approximate surface area is 203 Å². The highest BCUT2D eigenvalue weighted by molar-refractivity contribution is 6.06. The third-order valence-electron chi connectivity index (χ3n) is 5.91. The minimum atomic E-state index is -0.892. The van der Waals surface area contributed by atoms with Gasteiger partial charge in [0.05, 0.1) is 18.6 Å². The van der Waals surface area contributed by atoms with E-state index in [2.05, 4.69) is 40.0 Å². The highest BCUT2D eigenvalue weighted by atomic mass is 16.2. The Morgan fingerprint density at radius 3 is 2.31 bits per heavy atom. The summed E-state index contributed by atoms with van der Waals surface area (Å²) in [5, 5.41) is 12.9. The molecule has 3 amide bonds. The number of primary amides is 1. The van der Waals surface area contributed by atoms with Crippen molar-refractivity contribution in [2.75, 3.05) is 6.54 Å². The topological polar surface area (TPSA) is 119 Å². The largest absolute Gasteiger partial charge is 0.368 e. The summed E-state index contributed by atoms with van der Waals surface area (Å²) in [7, 11) is 0. The summed E-state index contributed by atoms with van der Waals surface area (Å²) in [6.07, 6.45) is 0. The molecular formula is C27H29N5O3. The number of fused-ring (bicyclic) bond motifs is 2. The first kappa shape index (κ1) is 23.9. The lowest BCUT2D eigenvalue weighted by atomic mass is 9.86. The molecule has 1 heterocycles. The molecule has 0 saturated carbocycles. The van der Waals surface area contributed by atoms with Crippen LogP contribution < -0.4 is 16.4 Å². The molecule has 0 saturated heterocycles. The van der Waals surface area contributed by atoms with Gasteiger partial charge in [-0.25, -0.2) is 0 Å². The Balaban J connectivity index is 1.67. The van der Waals surface area contributed by atoms with Crippen LogP contribution in [-0.4, -0.2) is 40.1 Å². The van der Waals surface area contributed by atoms with E-state index in [9.17, 15) is 14.4 Å². The quantitative estimate of drug-likeness (QED) is 0.384. The van der Waals surface area contributed by atoms with Gasteiger partial charge in [-0.3, -0.25) is 19.1 Å². The van der Waals surface area contributed by atoms with Gasteiger partial charge in [0.2, 0.25) is 11.8 Å². The average molecular weight is 472 g/mol. The van der Waals surface area contributed by atoms with E-state index in [1.165, 1.54) is 0 Å². The van der Waals surface area contributed by atoms with Gasteiger partial charge in [0.15, 0.2) is 5.69 Å². The molecule has 4 aromatic rings. The molecule has 0 aliphatic heterocycles. The molecule has 1 aromatic heterocycles. The first-order valence-electron chi connectivity index (χ1n) is 11.4. The van der Waals surface area contributed by atoms with Crippen LogP contribution in [0.3, 0.4) is 0 Å². The molecule has 8 nitrogen and oxygen atoms in total. The molecule has 35 heavy (non-hydrogen) atoms. The number of benzene rings is 3. The summed E-state index contributed by atoms with van der Waals surface area (Å²) in [5.41, 5.74) is 6.67. The SMILES string of the molecule is CC(C)(C)[C@H](NC(=O)c1nn(Cc2cccc3ccccc23)c2ccccc12)C(=O)NCC(N)=O. The van der Waals surface area contributed by atoms with Gasteiger partial charge < -0.3 is 16.4 Å². The lowest BCUT2D eigenvalue weighted by molar-refractivity contribution is -0.128. The fourth-order valence-corrected chi connectivity index (χ4v) is 4.16. The molecule has 0 radical (unpaired) electrons. The van der Waals surface area contributed by atoms with E-state index in [1.54, 1.807) is 0 Å². The lowest BCUT2D eigenvalue weighted by Gasteiger charge is -2.30. The molecule has 0 fully saturated rings. The molecule has 0 spiro atoms. The first-order chi connectivity index (χ1) is 16.6. The molecule has 3 aromatic carbocycles. The van der Waals surface area contributed by atoms with E-state index in [4.69, 9.17) is 5.73 Å². The van der Waals surface area contributed by atoms with Crippen molar-refractivity contribution in [2.45, 2.75) is 33.4 Å². The highest BCUT2D eigenvalue weighted by Crippen LogP contribution is 2.25. The Kier molecular flexibility index (Phi) is 6.55. The first-order valence-corrected chi connectivity index (χ1v) is 11.4. The second-order valence-electron chi connectivity index (χ2n) is 9.62. The van der Waals surface area contributed by atoms with Crippen molar-refractivity contribution in [3.05, 3.63) is 78.0 Å². The van der Waals surface area contributed by atoms with Crippen molar-refractivity contribution in [1.82, 2.24) is 20.4 Å². The van der Waals surface area contributed by atoms with Gasteiger partial charge >= 0.3 is 0 Å². The van der Waals surface area contributed by atoms with Crippen LogP contribution in [-0.2, 0) is 16.1 Å². The Bertz CT molecular complexity index is 1410. The van der Waals surface area contributed by atoms with Crippen molar-refractivity contribution in [3.8, 4) is 0 Å². The van der Waals surface area contributed by atoms with E-state index in [0.29, 0.717) is 11.9 Å². The van der Waals surface area contributed by atoms with Gasteiger partial charge in [-0.05, 0) is 27.8 Å². The van der Waals surface area contributed by atoms with Crippen LogP contribution in [0.1, 0.15) is 36.8 Å². The van der Waals surface area contributed by atoms with Gasteiger partial charge in [-0.2, -0.15) is 5.10 Å². The van der Waals surface area contributed by atoms with Crippen LogP contribution in [0.25, 0.3) is 21.7 Å². The number of hydrogen-bond donors (Lipinski definition) is 3. The zero-order valence-corrected chi connectivity index (χ0v) is 20.0. The number of nitrogens with two attached hydrogens (primary N) is 1. The van der Waals surface area contributed by atoms with Crippen LogP contribution in [0.15, 0.2) is 66.7 Å². The number of nitrogens with one attached hydrogen (secondary N) is 2. The number of rotatable bonds is 7. The maximum Gasteiger partial charge on any atom is 0.273 e. The minimum absolute atomic E-state index is 0.234. The second kappa shape index (κ2) is 9.58. The summed E-state index contributed by atoms with van der Waals surface area (Å²) in [6.45, 7) is 5.68. The maximum absolute atomic E-state index is 13.4. The Morgan fingerprint density at radius 2 is 1.60 bits per heavy atom. The highest BCUT2D eigenvalue weighted by Gasteiger charge is 2.34. The summed E-state index contributed by atoms with van der Waals surface area (Å²) < 4.78 is 1.81. The van der Waals surface area contributed by atoms with Crippen LogP contribution in [0.2, 0.25) is 0 Å². The fraction of sp³-hybridized carbons (Fsp3) is 0.259. The van der Waals surface area contributed by atoms with Crippen molar-refractivity contribution < 1.29 is 14.4 Å². The Morgan fingerprint density at radius 1 is 0.943 bits per heavy atom. The number of amides is 3. The number of para-hydroxylation sites is 1. The third kappa shape index (κ3) is 5.16. The molecule has 0 aliphatic carbocycles. The smallest absolute Gasteiger partial charge is 0.273 e. The van der Waals surface area contributed by atoms with Gasteiger partial charge in [0, 0.05) is 5.39 Å². The standard InChI is InChI=1S/C27H29N5O3/c1-27(2,3)24(26(35)29-15-22(28)33)30-25(34)23-20-13-6-7-14-21(20)32(31-23)16-18-11-8-10-17-9-4-5-12-19(17)18/h4-14,24H,15-16H2,1-3H3,(H2,28,33)(H,29,35)(H,30,34)/t24-/m1/s1. The van der Waals surface area contributed by atoms with Crippen LogP contribution in [0, 0.1) is 5.41 Å². The van der Waals surface area contributed by atoms with Gasteiger partial charge in [-0.1, -0.05) is 81.4 Å². The van der Waals surface area contributed by atoms with Crippen molar-refractivity contribution in [3.63, 3.8) is 0 Å². The van der Waals surface area contributed by atoms with Crippen LogP contribution in [0.5, 0.6) is 0 Å². The van der Waals surface area contributed by atoms with E-state index in [0.717, 1.165) is 21.9 Å². The summed E-state index contributed by atoms with van der Waals surface area (Å²) in [6, 6.07) is 20.9. The second-order valence-corrected chi connectivity index (χ2v) is 9.62. The number of aromatic nitrogens is 2. The van der Waals surface area contributed by atoms with Gasteiger partial charge in [0.1, 0.15) is 6.04 Å². The predicted octanol–water partition coefficient (Wildman–Crippen LogP) is 2.98. The average Bonchev–Trinajstić information content (AvgIpc) is 3.19. The summed E-state index contributed by atoms with van der Waals surface area (Å²) >= 11 is 0. The maximum atomic E-state index is 13.4. The molecule has 4 N–H and O–H groups in total. The molecule has 0 unspecified atom stereocenters. The zero-order chi connectivity index (χ0) is 25.2. The van der Waals surface area contributed by atoms with Crippen LogP contribution in [0.4, 0.5) is 0 Å². The molecular weight excluding hydrogens is 442 g/mol. The van der Waals surface area contributed by atoms with Crippen molar-refractivity contribution in [2.24, 2.45) is 11.1 Å². The Hall–Kier alpha value is -4.20.